The maximum absolute atomic E-state index is 11.3. The average molecular weight is 197 g/mol. The van der Waals surface area contributed by atoms with Crippen LogP contribution in [0.2, 0.25) is 0 Å². The molecule has 0 fully saturated rings. The Morgan fingerprint density at radius 3 is 2.92 bits per heavy atom. The molecule has 0 saturated heterocycles. The zero-order valence-electron chi connectivity index (χ0n) is 6.90. The fraction of sp³-hybridized carbons (Fsp3) is 0.250. The van der Waals surface area contributed by atoms with Crippen molar-refractivity contribution in [3.8, 4) is 0 Å². The summed E-state index contributed by atoms with van der Waals surface area (Å²) in [6.07, 6.45) is 0. The Morgan fingerprint density at radius 1 is 1.69 bits per heavy atom. The second kappa shape index (κ2) is 2.56. The molecule has 13 heavy (non-hydrogen) atoms. The summed E-state index contributed by atoms with van der Waals surface area (Å²) in [6, 6.07) is 1.55. The maximum Gasteiger partial charge on any atom is 0.345 e. The number of rotatable bonds is 1. The Bertz CT molecular complexity index is 396. The molecule has 5 heteroatoms. The third-order valence-corrected chi connectivity index (χ3v) is 3.12. The van der Waals surface area contributed by atoms with Crippen LogP contribution < -0.4 is 4.90 Å². The van der Waals surface area contributed by atoms with Gasteiger partial charge in [-0.25, -0.2) is 4.79 Å². The van der Waals surface area contributed by atoms with Crippen LogP contribution in [-0.2, 0) is 0 Å². The van der Waals surface area contributed by atoms with Gasteiger partial charge in [0.05, 0.1) is 17.1 Å². The largest absolute Gasteiger partial charge is 0.477 e. The zero-order chi connectivity index (χ0) is 9.59. The van der Waals surface area contributed by atoms with Crippen molar-refractivity contribution >= 4 is 28.8 Å². The predicted molar refractivity (Wildman–Crippen MR) is 48.9 cm³/mol. The summed E-state index contributed by atoms with van der Waals surface area (Å²) in [5.41, 5.74) is 0.743. The smallest absolute Gasteiger partial charge is 0.345 e. The van der Waals surface area contributed by atoms with Gasteiger partial charge in [0.25, 0.3) is 0 Å². The highest BCUT2D eigenvalue weighted by Gasteiger charge is 2.28. The number of Topliss-reactive ketones (excluding diaryl/α,β-unsaturated/α-hetero) is 1. The lowest BCUT2D eigenvalue weighted by atomic mass is 10.3. The molecule has 68 valence electrons. The highest BCUT2D eigenvalue weighted by atomic mass is 32.1. The van der Waals surface area contributed by atoms with Crippen molar-refractivity contribution in [1.82, 2.24) is 0 Å². The molecular formula is C8H7NO3S. The third-order valence-electron chi connectivity index (χ3n) is 1.97. The molecule has 1 N–H and O–H groups in total. The highest BCUT2D eigenvalue weighted by Crippen LogP contribution is 2.34. The molecular weight excluding hydrogens is 190 g/mol. The highest BCUT2D eigenvalue weighted by molar-refractivity contribution is 7.16. The molecule has 2 heterocycles. The molecule has 0 aromatic carbocycles. The second-order valence-electron chi connectivity index (χ2n) is 2.91. The molecule has 0 bridgehead atoms. The minimum Gasteiger partial charge on any atom is -0.477 e. The number of anilines is 1. The normalized spacial score (nSPS) is 14.8. The van der Waals surface area contributed by atoms with Gasteiger partial charge in [-0.2, -0.15) is 0 Å². The van der Waals surface area contributed by atoms with E-state index in [1.807, 2.05) is 0 Å². The van der Waals surface area contributed by atoms with Gasteiger partial charge >= 0.3 is 5.97 Å². The van der Waals surface area contributed by atoms with E-state index in [0.29, 0.717) is 11.4 Å². The molecule has 0 unspecified atom stereocenters. The molecule has 0 saturated carbocycles. The van der Waals surface area contributed by atoms with Crippen LogP contribution in [0.1, 0.15) is 19.3 Å². The van der Waals surface area contributed by atoms with Crippen LogP contribution in [0.4, 0.5) is 5.69 Å². The van der Waals surface area contributed by atoms with E-state index in [1.165, 1.54) is 0 Å². The molecule has 0 atom stereocenters. The number of hydrogen-bond acceptors (Lipinski definition) is 4. The van der Waals surface area contributed by atoms with Gasteiger partial charge in [0.2, 0.25) is 0 Å². The van der Waals surface area contributed by atoms with Crippen molar-refractivity contribution in [3.63, 3.8) is 0 Å². The molecule has 0 aliphatic carbocycles. The van der Waals surface area contributed by atoms with Crippen molar-refractivity contribution in [2.75, 3.05) is 18.5 Å². The van der Waals surface area contributed by atoms with E-state index in [2.05, 4.69) is 0 Å². The molecule has 0 amide bonds. The Kier molecular flexibility index (Phi) is 1.63. The Balaban J connectivity index is 2.52. The number of aromatic carboxylic acids is 1. The van der Waals surface area contributed by atoms with Gasteiger partial charge in [-0.1, -0.05) is 0 Å². The van der Waals surface area contributed by atoms with Crippen LogP contribution in [0.5, 0.6) is 0 Å². The summed E-state index contributed by atoms with van der Waals surface area (Å²) in [7, 11) is 1.78. The fourth-order valence-electron chi connectivity index (χ4n) is 1.34. The minimum absolute atomic E-state index is 0.00926. The van der Waals surface area contributed by atoms with E-state index in [4.69, 9.17) is 5.11 Å². The Morgan fingerprint density at radius 2 is 2.38 bits per heavy atom. The third kappa shape index (κ3) is 1.12. The molecule has 0 radical (unpaired) electrons. The standard InChI is InChI=1S/C8H7NO3S/c1-9-3-5(10)7-4(9)2-6(13-7)8(11)12/h2H,3H2,1H3,(H,11,12). The maximum atomic E-state index is 11.3. The van der Waals surface area contributed by atoms with E-state index >= 15 is 0 Å². The van der Waals surface area contributed by atoms with Crippen LogP contribution in [0.15, 0.2) is 6.07 Å². The van der Waals surface area contributed by atoms with Crippen LogP contribution in [0.3, 0.4) is 0 Å². The van der Waals surface area contributed by atoms with Crippen molar-refractivity contribution in [2.45, 2.75) is 0 Å². The van der Waals surface area contributed by atoms with E-state index in [1.54, 1.807) is 18.0 Å². The monoisotopic (exact) mass is 197 g/mol. The van der Waals surface area contributed by atoms with E-state index in [0.717, 1.165) is 17.0 Å². The van der Waals surface area contributed by atoms with Crippen LogP contribution in [0.25, 0.3) is 0 Å². The van der Waals surface area contributed by atoms with Gasteiger partial charge in [0.1, 0.15) is 4.88 Å². The van der Waals surface area contributed by atoms with Crippen molar-refractivity contribution in [2.24, 2.45) is 0 Å². The number of ketones is 1. The molecule has 4 nitrogen and oxygen atoms in total. The van der Waals surface area contributed by atoms with E-state index in [-0.39, 0.29) is 10.7 Å². The summed E-state index contributed by atoms with van der Waals surface area (Å²) in [4.78, 5) is 24.4. The lowest BCUT2D eigenvalue weighted by molar-refractivity contribution is 0.0702. The van der Waals surface area contributed by atoms with Gasteiger partial charge in [0.15, 0.2) is 5.78 Å². The number of hydrogen-bond donors (Lipinski definition) is 1. The summed E-state index contributed by atoms with van der Waals surface area (Å²) in [6.45, 7) is 0.362. The van der Waals surface area contributed by atoms with Gasteiger partial charge < -0.3 is 10.0 Å². The zero-order valence-corrected chi connectivity index (χ0v) is 7.72. The number of likely N-dealkylation sites (N-methyl/N-ethyl adjacent to an activating group) is 1. The van der Waals surface area contributed by atoms with Crippen LogP contribution in [0, 0.1) is 0 Å². The SMILES string of the molecule is CN1CC(=O)c2sc(C(=O)O)cc21. The van der Waals surface area contributed by atoms with E-state index in [9.17, 15) is 9.59 Å². The van der Waals surface area contributed by atoms with E-state index < -0.39 is 5.97 Å². The summed E-state index contributed by atoms with van der Waals surface area (Å²) in [5.74, 6) is -0.962. The first-order valence-electron chi connectivity index (χ1n) is 3.71. The number of carboxylic acids is 1. The first-order valence-corrected chi connectivity index (χ1v) is 4.52. The molecule has 0 spiro atoms. The first-order chi connectivity index (χ1) is 6.09. The molecule has 2 rings (SSSR count). The minimum atomic E-state index is -0.972. The predicted octanol–water partition coefficient (Wildman–Crippen LogP) is 1.08. The number of carbonyl (C=O) groups is 2. The Hall–Kier alpha value is -1.36. The second-order valence-corrected chi connectivity index (χ2v) is 3.96. The molecule has 1 aliphatic rings. The lowest BCUT2D eigenvalue weighted by Crippen LogP contribution is -2.16. The van der Waals surface area contributed by atoms with Crippen molar-refractivity contribution in [1.29, 1.82) is 0 Å². The van der Waals surface area contributed by atoms with Gasteiger partial charge in [0, 0.05) is 7.05 Å². The number of thiophene rings is 1. The van der Waals surface area contributed by atoms with Gasteiger partial charge in [-0.15, -0.1) is 11.3 Å². The summed E-state index contributed by atoms with van der Waals surface area (Å²) in [5, 5.41) is 8.70. The Labute approximate surface area is 78.4 Å². The molecule has 1 aromatic rings. The van der Waals surface area contributed by atoms with Crippen LogP contribution in [-0.4, -0.2) is 30.5 Å². The van der Waals surface area contributed by atoms with Crippen LogP contribution >= 0.6 is 11.3 Å². The fourth-order valence-corrected chi connectivity index (χ4v) is 2.32. The number of nitrogens with zero attached hydrogens (tertiary/aromatic N) is 1. The number of carboxylic acid groups (broad SMARTS) is 1. The first kappa shape index (κ1) is 8.25. The van der Waals surface area contributed by atoms with Gasteiger partial charge in [-0.05, 0) is 6.07 Å². The molecule has 1 aliphatic heterocycles. The molecule has 1 aromatic heterocycles. The van der Waals surface area contributed by atoms with Gasteiger partial charge in [-0.3, -0.25) is 4.79 Å². The topological polar surface area (TPSA) is 57.6 Å². The number of carbonyl (C=O) groups excluding carboxylic acids is 1. The summed E-state index contributed by atoms with van der Waals surface area (Å²) >= 11 is 1.05. The number of fused-ring (bicyclic) bond motifs is 1. The lowest BCUT2D eigenvalue weighted by Gasteiger charge is -2.07. The van der Waals surface area contributed by atoms with Crippen molar-refractivity contribution < 1.29 is 14.7 Å². The average Bonchev–Trinajstić information content (AvgIpc) is 2.55. The summed E-state index contributed by atoms with van der Waals surface area (Å²) < 4.78 is 0. The quantitative estimate of drug-likeness (QED) is 0.731. The van der Waals surface area contributed by atoms with Crippen molar-refractivity contribution in [3.05, 3.63) is 15.8 Å².